The van der Waals surface area contributed by atoms with Crippen LogP contribution in [0.5, 0.6) is 0 Å². The highest BCUT2D eigenvalue weighted by molar-refractivity contribution is 5.25. The Morgan fingerprint density at radius 1 is 1.10 bits per heavy atom. The predicted molar refractivity (Wildman–Crippen MR) is 93.7 cm³/mol. The highest BCUT2D eigenvalue weighted by Crippen LogP contribution is 2.37. The molecule has 0 nitrogen and oxygen atoms in total. The Kier molecular flexibility index (Phi) is 6.79. The summed E-state index contributed by atoms with van der Waals surface area (Å²) in [6, 6.07) is 9.43. The van der Waals surface area contributed by atoms with Gasteiger partial charge in [0.05, 0.1) is 0 Å². The molecule has 1 aromatic carbocycles. The van der Waals surface area contributed by atoms with Crippen LogP contribution in [0.25, 0.3) is 0 Å². The fourth-order valence-corrected chi connectivity index (χ4v) is 3.55. The molecule has 21 heavy (non-hydrogen) atoms. The Hall–Kier alpha value is -1.30. The van der Waals surface area contributed by atoms with Gasteiger partial charge in [0.25, 0.3) is 0 Å². The van der Waals surface area contributed by atoms with Crippen molar-refractivity contribution in [1.82, 2.24) is 0 Å². The molecule has 0 spiro atoms. The van der Waals surface area contributed by atoms with E-state index in [1.807, 2.05) is 6.08 Å². The zero-order chi connectivity index (χ0) is 14.9. The molecule has 1 aliphatic rings. The van der Waals surface area contributed by atoms with Gasteiger partial charge < -0.3 is 0 Å². The lowest BCUT2D eigenvalue weighted by Gasteiger charge is -2.28. The lowest BCUT2D eigenvalue weighted by molar-refractivity contribution is 0.312. The summed E-state index contributed by atoms with van der Waals surface area (Å²) in [4.78, 5) is 0. The molecular formula is C21H30. The second-order valence-corrected chi connectivity index (χ2v) is 6.45. The number of hydrogen-bond donors (Lipinski definition) is 0. The van der Waals surface area contributed by atoms with Crippen LogP contribution < -0.4 is 0 Å². The summed E-state index contributed by atoms with van der Waals surface area (Å²) in [5.41, 5.74) is 3.06. The molecule has 0 heteroatoms. The first-order valence-corrected chi connectivity index (χ1v) is 8.70. The van der Waals surface area contributed by atoms with Gasteiger partial charge in [-0.1, -0.05) is 62.4 Å². The van der Waals surface area contributed by atoms with E-state index in [9.17, 15) is 0 Å². The van der Waals surface area contributed by atoms with Gasteiger partial charge in [-0.25, -0.2) is 0 Å². The molecule has 0 unspecified atom stereocenters. The van der Waals surface area contributed by atoms with Crippen LogP contribution in [-0.2, 0) is 6.42 Å². The topological polar surface area (TPSA) is 0 Å². The third-order valence-electron chi connectivity index (χ3n) is 4.85. The van der Waals surface area contributed by atoms with Crippen molar-refractivity contribution < 1.29 is 0 Å². The van der Waals surface area contributed by atoms with E-state index < -0.39 is 0 Å². The Bertz CT molecular complexity index is 430. The van der Waals surface area contributed by atoms with Gasteiger partial charge in [-0.05, 0) is 67.9 Å². The van der Waals surface area contributed by atoms with Gasteiger partial charge >= 0.3 is 0 Å². The van der Waals surface area contributed by atoms with E-state index in [4.69, 9.17) is 0 Å². The van der Waals surface area contributed by atoms with Gasteiger partial charge in [0.2, 0.25) is 0 Å². The first-order chi connectivity index (χ1) is 10.3. The Balaban J connectivity index is 1.77. The second kappa shape index (κ2) is 8.87. The van der Waals surface area contributed by atoms with Crippen molar-refractivity contribution in [3.8, 4) is 0 Å². The number of rotatable bonds is 7. The van der Waals surface area contributed by atoms with Crippen LogP contribution in [-0.4, -0.2) is 0 Å². The summed E-state index contributed by atoms with van der Waals surface area (Å²) in [6.07, 6.45) is 16.8. The van der Waals surface area contributed by atoms with E-state index in [0.717, 1.165) is 11.8 Å². The van der Waals surface area contributed by atoms with Crippen LogP contribution in [0.4, 0.5) is 0 Å². The molecule has 0 aromatic heterocycles. The summed E-state index contributed by atoms with van der Waals surface area (Å²) in [5, 5.41) is 0. The van der Waals surface area contributed by atoms with Crippen LogP contribution in [0.15, 0.2) is 49.1 Å². The number of hydrogen-bond acceptors (Lipinski definition) is 0. The molecule has 1 aromatic rings. The van der Waals surface area contributed by atoms with Crippen molar-refractivity contribution in [1.29, 1.82) is 0 Å². The van der Waals surface area contributed by atoms with E-state index >= 15 is 0 Å². The standard InChI is InChI=1S/C21H30/c1-3-5-6-7-9-19-12-16-21(17-13-19)20-14-10-18(8-4-2)11-15-20/h3,5-6,10-11,14-15,19,21H,1,4,7-9,12-13,16-17H2,2H3/b6-5+. The van der Waals surface area contributed by atoms with E-state index in [2.05, 4.69) is 49.9 Å². The average Bonchev–Trinajstić information content (AvgIpc) is 2.53. The third-order valence-corrected chi connectivity index (χ3v) is 4.85. The lowest BCUT2D eigenvalue weighted by atomic mass is 9.77. The van der Waals surface area contributed by atoms with Crippen LogP contribution in [0, 0.1) is 5.92 Å². The van der Waals surface area contributed by atoms with Gasteiger partial charge in [0.1, 0.15) is 0 Å². The fourth-order valence-electron chi connectivity index (χ4n) is 3.55. The Morgan fingerprint density at radius 2 is 1.81 bits per heavy atom. The molecular weight excluding hydrogens is 252 g/mol. The maximum absolute atomic E-state index is 3.72. The van der Waals surface area contributed by atoms with E-state index in [0.29, 0.717) is 0 Å². The quantitative estimate of drug-likeness (QED) is 0.505. The van der Waals surface area contributed by atoms with E-state index in [1.165, 1.54) is 56.9 Å². The number of benzene rings is 1. The van der Waals surface area contributed by atoms with E-state index in [1.54, 1.807) is 5.56 Å². The molecule has 0 atom stereocenters. The summed E-state index contributed by atoms with van der Waals surface area (Å²) in [7, 11) is 0. The van der Waals surface area contributed by atoms with Crippen LogP contribution in [0.1, 0.15) is 68.9 Å². The minimum atomic E-state index is 0.806. The lowest BCUT2D eigenvalue weighted by Crippen LogP contribution is -2.13. The minimum absolute atomic E-state index is 0.806. The summed E-state index contributed by atoms with van der Waals surface area (Å²) >= 11 is 0. The third kappa shape index (κ3) is 5.19. The molecule has 0 N–H and O–H groups in total. The monoisotopic (exact) mass is 282 g/mol. The van der Waals surface area contributed by atoms with Crippen molar-refractivity contribution in [2.45, 2.75) is 64.2 Å². The van der Waals surface area contributed by atoms with Crippen LogP contribution in [0.3, 0.4) is 0 Å². The summed E-state index contributed by atoms with van der Waals surface area (Å²) in [5.74, 6) is 1.75. The Labute approximate surface area is 131 Å². The predicted octanol–water partition coefficient (Wildman–Crippen LogP) is 6.44. The molecule has 1 fully saturated rings. The largest absolute Gasteiger partial charge is 0.0991 e. The maximum Gasteiger partial charge on any atom is -0.0162 e. The van der Waals surface area contributed by atoms with Crippen LogP contribution in [0.2, 0.25) is 0 Å². The number of allylic oxidation sites excluding steroid dienone is 3. The van der Waals surface area contributed by atoms with Crippen LogP contribution >= 0.6 is 0 Å². The van der Waals surface area contributed by atoms with Crippen molar-refractivity contribution in [2.75, 3.05) is 0 Å². The normalized spacial score (nSPS) is 22.5. The summed E-state index contributed by atoms with van der Waals surface area (Å²) in [6.45, 7) is 5.97. The summed E-state index contributed by atoms with van der Waals surface area (Å²) < 4.78 is 0. The molecule has 114 valence electrons. The van der Waals surface area contributed by atoms with Gasteiger partial charge in [-0.2, -0.15) is 0 Å². The van der Waals surface area contributed by atoms with Gasteiger partial charge in [-0.3, -0.25) is 0 Å². The van der Waals surface area contributed by atoms with Crippen molar-refractivity contribution in [2.24, 2.45) is 5.92 Å². The highest BCUT2D eigenvalue weighted by Gasteiger charge is 2.21. The van der Waals surface area contributed by atoms with Gasteiger partial charge in [-0.15, -0.1) is 0 Å². The molecule has 0 aliphatic heterocycles. The molecule has 0 bridgehead atoms. The Morgan fingerprint density at radius 3 is 2.43 bits per heavy atom. The molecule has 0 saturated heterocycles. The van der Waals surface area contributed by atoms with Gasteiger partial charge in [0, 0.05) is 0 Å². The van der Waals surface area contributed by atoms with Crippen molar-refractivity contribution >= 4 is 0 Å². The second-order valence-electron chi connectivity index (χ2n) is 6.45. The molecule has 1 aliphatic carbocycles. The molecule has 1 saturated carbocycles. The zero-order valence-corrected chi connectivity index (χ0v) is 13.6. The first kappa shape index (κ1) is 16.1. The average molecular weight is 282 g/mol. The first-order valence-electron chi connectivity index (χ1n) is 8.70. The van der Waals surface area contributed by atoms with Crippen molar-refractivity contribution in [3.05, 3.63) is 60.2 Å². The minimum Gasteiger partial charge on any atom is -0.0991 e. The maximum atomic E-state index is 3.72. The fraction of sp³-hybridized carbons (Fsp3) is 0.524. The molecule has 2 rings (SSSR count). The smallest absolute Gasteiger partial charge is 0.0162 e. The molecule has 0 heterocycles. The zero-order valence-electron chi connectivity index (χ0n) is 13.6. The SMILES string of the molecule is C=C/C=C/CCC1CCC(c2ccc(CCC)cc2)CC1. The molecule has 0 radical (unpaired) electrons. The van der Waals surface area contributed by atoms with E-state index in [-0.39, 0.29) is 0 Å². The highest BCUT2D eigenvalue weighted by atomic mass is 14.3. The van der Waals surface area contributed by atoms with Crippen molar-refractivity contribution in [3.63, 3.8) is 0 Å². The molecule has 0 amide bonds. The van der Waals surface area contributed by atoms with Gasteiger partial charge in [0.15, 0.2) is 0 Å². The number of aryl methyl sites for hydroxylation is 1.